The lowest BCUT2D eigenvalue weighted by molar-refractivity contribution is 0.0494. The average Bonchev–Trinajstić information content (AvgIpc) is 3.01. The molecule has 0 radical (unpaired) electrons. The number of hydrogen-bond donors (Lipinski definition) is 1. The molecule has 1 aromatic rings. The number of rotatable bonds is 7. The molecule has 0 bridgehead atoms. The highest BCUT2D eigenvalue weighted by Gasteiger charge is 2.26. The van der Waals surface area contributed by atoms with Gasteiger partial charge in [-0.2, -0.15) is 4.98 Å². The molecule has 1 saturated heterocycles. The molecular formula is C14H24N4O4. The van der Waals surface area contributed by atoms with E-state index < -0.39 is 0 Å². The van der Waals surface area contributed by atoms with Crippen LogP contribution >= 0.6 is 0 Å². The first-order valence-electron chi connectivity index (χ1n) is 7.66. The third-order valence-electron chi connectivity index (χ3n) is 3.62. The third kappa shape index (κ3) is 4.67. The lowest BCUT2D eigenvalue weighted by atomic mass is 9.96. The Bertz CT molecular complexity index is 457. The molecule has 1 N–H and O–H groups in total. The molecule has 8 nitrogen and oxygen atoms in total. The van der Waals surface area contributed by atoms with E-state index in [1.165, 1.54) is 0 Å². The van der Waals surface area contributed by atoms with Gasteiger partial charge in [0.15, 0.2) is 5.82 Å². The van der Waals surface area contributed by atoms with Crippen LogP contribution in [0.5, 0.6) is 0 Å². The van der Waals surface area contributed by atoms with Crippen LogP contribution in [0.25, 0.3) is 0 Å². The van der Waals surface area contributed by atoms with Crippen LogP contribution in [0.2, 0.25) is 0 Å². The minimum atomic E-state index is 0.00120. The van der Waals surface area contributed by atoms with Gasteiger partial charge >= 0.3 is 6.03 Å². The van der Waals surface area contributed by atoms with E-state index in [0.717, 1.165) is 12.8 Å². The number of hydrogen-bond acceptors (Lipinski definition) is 6. The molecule has 2 heterocycles. The summed E-state index contributed by atoms with van der Waals surface area (Å²) in [6.07, 6.45) is 1.70. The van der Waals surface area contributed by atoms with Gasteiger partial charge in [-0.3, -0.25) is 0 Å². The van der Waals surface area contributed by atoms with Crippen molar-refractivity contribution in [2.75, 3.05) is 40.0 Å². The maximum atomic E-state index is 11.8. The van der Waals surface area contributed by atoms with Crippen LogP contribution in [0.4, 0.5) is 4.79 Å². The van der Waals surface area contributed by atoms with Crippen molar-refractivity contribution in [3.05, 3.63) is 11.7 Å². The van der Waals surface area contributed by atoms with Crippen LogP contribution in [-0.2, 0) is 16.1 Å². The molecule has 2 rings (SSSR count). The van der Waals surface area contributed by atoms with E-state index >= 15 is 0 Å². The summed E-state index contributed by atoms with van der Waals surface area (Å²) < 4.78 is 15.4. The number of carbonyl (C=O) groups excluding carboxylic acids is 1. The zero-order chi connectivity index (χ0) is 15.8. The maximum absolute atomic E-state index is 11.8. The second-order valence-electron chi connectivity index (χ2n) is 5.19. The number of piperidine rings is 1. The van der Waals surface area contributed by atoms with E-state index in [1.54, 1.807) is 7.11 Å². The van der Waals surface area contributed by atoms with Crippen LogP contribution in [0.3, 0.4) is 0 Å². The standard InChI is InChI=1S/C14H24N4O4/c1-3-15-14(19)18-6-4-11(5-7-18)13-16-12(22-17-13)10-21-9-8-20-2/h11H,3-10H2,1-2H3,(H,15,19). The molecule has 0 unspecified atom stereocenters. The Labute approximate surface area is 130 Å². The van der Waals surface area contributed by atoms with Gasteiger partial charge in [-0.15, -0.1) is 0 Å². The first-order chi connectivity index (χ1) is 10.7. The molecule has 1 aromatic heterocycles. The highest BCUT2D eigenvalue weighted by Crippen LogP contribution is 2.25. The fraction of sp³-hybridized carbons (Fsp3) is 0.786. The van der Waals surface area contributed by atoms with Crippen molar-refractivity contribution in [3.63, 3.8) is 0 Å². The minimum absolute atomic E-state index is 0.00120. The Balaban J connectivity index is 1.77. The summed E-state index contributed by atoms with van der Waals surface area (Å²) in [5.74, 6) is 1.43. The second kappa shape index (κ2) is 8.70. The molecule has 8 heteroatoms. The summed E-state index contributed by atoms with van der Waals surface area (Å²) in [6, 6.07) is 0.00120. The fourth-order valence-corrected chi connectivity index (χ4v) is 2.40. The predicted octanol–water partition coefficient (Wildman–Crippen LogP) is 1.14. The Hall–Kier alpha value is -1.67. The van der Waals surface area contributed by atoms with Crippen LogP contribution in [0.15, 0.2) is 4.52 Å². The van der Waals surface area contributed by atoms with Crippen molar-refractivity contribution in [3.8, 4) is 0 Å². The number of ether oxygens (including phenoxy) is 2. The number of urea groups is 1. The second-order valence-corrected chi connectivity index (χ2v) is 5.19. The molecule has 0 spiro atoms. The van der Waals surface area contributed by atoms with Crippen molar-refractivity contribution in [1.82, 2.24) is 20.4 Å². The van der Waals surface area contributed by atoms with Gasteiger partial charge in [0, 0.05) is 32.7 Å². The van der Waals surface area contributed by atoms with Crippen LogP contribution < -0.4 is 5.32 Å². The number of aromatic nitrogens is 2. The smallest absolute Gasteiger partial charge is 0.317 e. The van der Waals surface area contributed by atoms with E-state index in [-0.39, 0.29) is 11.9 Å². The van der Waals surface area contributed by atoms with Gasteiger partial charge in [-0.25, -0.2) is 4.79 Å². The molecule has 1 aliphatic rings. The first kappa shape index (κ1) is 16.7. The van der Waals surface area contributed by atoms with E-state index in [4.69, 9.17) is 14.0 Å². The molecule has 124 valence electrons. The van der Waals surface area contributed by atoms with Crippen LogP contribution in [0.1, 0.15) is 37.4 Å². The Morgan fingerprint density at radius 2 is 2.18 bits per heavy atom. The van der Waals surface area contributed by atoms with Crippen molar-refractivity contribution >= 4 is 6.03 Å². The zero-order valence-corrected chi connectivity index (χ0v) is 13.2. The van der Waals surface area contributed by atoms with Crippen molar-refractivity contribution in [1.29, 1.82) is 0 Å². The predicted molar refractivity (Wildman–Crippen MR) is 78.5 cm³/mol. The number of nitrogens with zero attached hydrogens (tertiary/aromatic N) is 3. The lowest BCUT2D eigenvalue weighted by Gasteiger charge is -2.30. The molecule has 22 heavy (non-hydrogen) atoms. The quantitative estimate of drug-likeness (QED) is 0.759. The normalized spacial score (nSPS) is 16.0. The molecule has 0 aromatic carbocycles. The molecule has 1 fully saturated rings. The Kier molecular flexibility index (Phi) is 6.60. The number of likely N-dealkylation sites (tertiary alicyclic amines) is 1. The van der Waals surface area contributed by atoms with Crippen molar-refractivity contribution in [2.45, 2.75) is 32.3 Å². The Morgan fingerprint density at radius 1 is 1.41 bits per heavy atom. The minimum Gasteiger partial charge on any atom is -0.382 e. The van der Waals surface area contributed by atoms with Gasteiger partial charge in [-0.1, -0.05) is 5.16 Å². The van der Waals surface area contributed by atoms with E-state index in [9.17, 15) is 4.79 Å². The molecular weight excluding hydrogens is 288 g/mol. The number of nitrogens with one attached hydrogen (secondary N) is 1. The number of amides is 2. The van der Waals surface area contributed by atoms with Crippen molar-refractivity contribution in [2.24, 2.45) is 0 Å². The molecule has 0 atom stereocenters. The van der Waals surface area contributed by atoms with Gasteiger partial charge in [0.25, 0.3) is 5.89 Å². The van der Waals surface area contributed by atoms with Gasteiger partial charge in [0.2, 0.25) is 0 Å². The fourth-order valence-electron chi connectivity index (χ4n) is 2.40. The van der Waals surface area contributed by atoms with Crippen LogP contribution in [0, 0.1) is 0 Å². The lowest BCUT2D eigenvalue weighted by Crippen LogP contribution is -2.44. The number of carbonyl (C=O) groups is 1. The summed E-state index contributed by atoms with van der Waals surface area (Å²) in [7, 11) is 1.63. The molecule has 2 amide bonds. The molecule has 0 saturated carbocycles. The highest BCUT2D eigenvalue weighted by atomic mass is 16.5. The summed E-state index contributed by atoms with van der Waals surface area (Å²) in [6.45, 7) is 5.33. The van der Waals surface area contributed by atoms with E-state index in [1.807, 2.05) is 11.8 Å². The van der Waals surface area contributed by atoms with E-state index in [2.05, 4.69) is 15.5 Å². The van der Waals surface area contributed by atoms with Gasteiger partial charge < -0.3 is 24.2 Å². The highest BCUT2D eigenvalue weighted by molar-refractivity contribution is 5.74. The average molecular weight is 312 g/mol. The molecule has 1 aliphatic heterocycles. The Morgan fingerprint density at radius 3 is 2.86 bits per heavy atom. The summed E-state index contributed by atoms with van der Waals surface area (Å²) in [5.41, 5.74) is 0. The van der Waals surface area contributed by atoms with Gasteiger partial charge in [0.1, 0.15) is 6.61 Å². The summed E-state index contributed by atoms with van der Waals surface area (Å²) in [5, 5.41) is 6.85. The van der Waals surface area contributed by atoms with Gasteiger partial charge in [0.05, 0.1) is 13.2 Å². The van der Waals surface area contributed by atoms with Crippen LogP contribution in [-0.4, -0.2) is 61.0 Å². The zero-order valence-electron chi connectivity index (χ0n) is 13.2. The SMILES string of the molecule is CCNC(=O)N1CCC(c2noc(COCCOC)n2)CC1. The third-order valence-corrected chi connectivity index (χ3v) is 3.62. The first-order valence-corrected chi connectivity index (χ1v) is 7.66. The van der Waals surface area contributed by atoms with Gasteiger partial charge in [-0.05, 0) is 19.8 Å². The summed E-state index contributed by atoms with van der Waals surface area (Å²) >= 11 is 0. The van der Waals surface area contributed by atoms with E-state index in [0.29, 0.717) is 51.2 Å². The summed E-state index contributed by atoms with van der Waals surface area (Å²) in [4.78, 5) is 18.0. The number of methoxy groups -OCH3 is 1. The topological polar surface area (TPSA) is 89.7 Å². The molecule has 0 aliphatic carbocycles. The maximum Gasteiger partial charge on any atom is 0.317 e. The largest absolute Gasteiger partial charge is 0.382 e. The monoisotopic (exact) mass is 312 g/mol. The van der Waals surface area contributed by atoms with Crippen molar-refractivity contribution < 1.29 is 18.8 Å².